The van der Waals surface area contributed by atoms with E-state index in [0.717, 1.165) is 45.2 Å². The van der Waals surface area contributed by atoms with E-state index in [0.29, 0.717) is 6.61 Å². The van der Waals surface area contributed by atoms with Gasteiger partial charge in [-0.3, -0.25) is 5.43 Å². The Bertz CT molecular complexity index is 742. The van der Waals surface area contributed by atoms with Crippen LogP contribution in [0.15, 0.2) is 27.1 Å². The lowest BCUT2D eigenvalue weighted by Gasteiger charge is -2.18. The van der Waals surface area contributed by atoms with Crippen LogP contribution in [0.25, 0.3) is 0 Å². The summed E-state index contributed by atoms with van der Waals surface area (Å²) in [5, 5.41) is 7.02. The zero-order valence-electron chi connectivity index (χ0n) is 14.4. The van der Waals surface area contributed by atoms with Crippen molar-refractivity contribution < 1.29 is 9.47 Å². The Morgan fingerprint density at radius 2 is 2.20 bits per heavy atom. The van der Waals surface area contributed by atoms with Gasteiger partial charge in [-0.05, 0) is 73.2 Å². The van der Waals surface area contributed by atoms with E-state index in [1.807, 2.05) is 31.4 Å². The third kappa shape index (κ3) is 4.95. The summed E-state index contributed by atoms with van der Waals surface area (Å²) in [5.74, 6) is 1.53. The molecule has 5 nitrogen and oxygen atoms in total. The van der Waals surface area contributed by atoms with Crippen LogP contribution >= 0.6 is 27.3 Å². The molecule has 1 N–H and O–H groups in total. The summed E-state index contributed by atoms with van der Waals surface area (Å²) >= 11 is 5.15. The van der Waals surface area contributed by atoms with Crippen molar-refractivity contribution in [3.63, 3.8) is 0 Å². The Balaban J connectivity index is 1.75. The van der Waals surface area contributed by atoms with Crippen molar-refractivity contribution in [3.8, 4) is 11.5 Å². The minimum absolute atomic E-state index is 0.282. The molecular weight excluding hydrogens is 402 g/mol. The molecule has 134 valence electrons. The SMILES string of the molecule is CCOc1cc(C=NNc2nc(C)cs2)cc(Br)c1OC1CCCC1. The highest BCUT2D eigenvalue weighted by atomic mass is 79.9. The third-order valence-electron chi connectivity index (χ3n) is 3.91. The fourth-order valence-corrected chi connectivity index (χ4v) is 3.97. The van der Waals surface area contributed by atoms with E-state index in [-0.39, 0.29) is 6.10 Å². The van der Waals surface area contributed by atoms with Crippen molar-refractivity contribution in [1.82, 2.24) is 4.98 Å². The van der Waals surface area contributed by atoms with Gasteiger partial charge in [-0.1, -0.05) is 0 Å². The van der Waals surface area contributed by atoms with Crippen molar-refractivity contribution in [2.75, 3.05) is 12.0 Å². The van der Waals surface area contributed by atoms with E-state index in [4.69, 9.17) is 9.47 Å². The van der Waals surface area contributed by atoms with Gasteiger partial charge in [0.2, 0.25) is 5.13 Å². The van der Waals surface area contributed by atoms with Gasteiger partial charge in [0.05, 0.1) is 29.1 Å². The molecule has 2 aromatic rings. The highest BCUT2D eigenvalue weighted by Gasteiger charge is 2.20. The molecule has 1 aliphatic carbocycles. The van der Waals surface area contributed by atoms with Gasteiger partial charge in [-0.25, -0.2) is 4.98 Å². The molecule has 0 aliphatic heterocycles. The number of halogens is 1. The standard InChI is InChI=1S/C18H22BrN3O2S/c1-3-23-16-9-13(10-20-22-18-21-12(2)11-25-18)8-15(19)17(16)24-14-6-4-5-7-14/h8-11,14H,3-7H2,1-2H3,(H,21,22). The Labute approximate surface area is 160 Å². The van der Waals surface area contributed by atoms with Crippen LogP contribution in [0.4, 0.5) is 5.13 Å². The number of benzene rings is 1. The molecule has 0 atom stereocenters. The van der Waals surface area contributed by atoms with Crippen molar-refractivity contribution in [1.29, 1.82) is 0 Å². The fraction of sp³-hybridized carbons (Fsp3) is 0.444. The average molecular weight is 424 g/mol. The molecule has 1 aliphatic rings. The summed E-state index contributed by atoms with van der Waals surface area (Å²) in [7, 11) is 0. The van der Waals surface area contributed by atoms with Crippen LogP contribution in [0.3, 0.4) is 0 Å². The zero-order valence-corrected chi connectivity index (χ0v) is 16.8. The predicted molar refractivity (Wildman–Crippen MR) is 106 cm³/mol. The molecule has 3 rings (SSSR count). The first-order valence-electron chi connectivity index (χ1n) is 8.50. The number of ether oxygens (including phenoxy) is 2. The predicted octanol–water partition coefficient (Wildman–Crippen LogP) is 5.38. The molecule has 25 heavy (non-hydrogen) atoms. The number of aromatic nitrogens is 1. The maximum Gasteiger partial charge on any atom is 0.203 e. The Morgan fingerprint density at radius 1 is 1.40 bits per heavy atom. The molecule has 1 aromatic heterocycles. The van der Waals surface area contributed by atoms with Gasteiger partial charge in [-0.15, -0.1) is 11.3 Å². The summed E-state index contributed by atoms with van der Waals surface area (Å²) in [6.07, 6.45) is 6.72. The second-order valence-corrected chi connectivity index (χ2v) is 7.66. The van der Waals surface area contributed by atoms with Gasteiger partial charge in [0, 0.05) is 5.38 Å². The van der Waals surface area contributed by atoms with Crippen LogP contribution in [-0.2, 0) is 0 Å². The zero-order chi connectivity index (χ0) is 17.6. The number of nitrogens with one attached hydrogen (secondary N) is 1. The monoisotopic (exact) mass is 423 g/mol. The number of anilines is 1. The Hall–Kier alpha value is -1.60. The topological polar surface area (TPSA) is 55.7 Å². The molecular formula is C18H22BrN3O2S. The van der Waals surface area contributed by atoms with Crippen LogP contribution in [-0.4, -0.2) is 23.9 Å². The quantitative estimate of drug-likeness (QED) is 0.479. The highest BCUT2D eigenvalue weighted by Crippen LogP contribution is 2.39. The second kappa shape index (κ2) is 8.67. The van der Waals surface area contributed by atoms with Crippen LogP contribution < -0.4 is 14.9 Å². The second-order valence-electron chi connectivity index (χ2n) is 5.95. The van der Waals surface area contributed by atoms with Crippen LogP contribution in [0.5, 0.6) is 11.5 Å². The number of nitrogens with zero attached hydrogens (tertiary/aromatic N) is 2. The number of rotatable bonds is 7. The molecule has 1 heterocycles. The number of hydrogen-bond donors (Lipinski definition) is 1. The van der Waals surface area contributed by atoms with Crippen molar-refractivity contribution in [2.24, 2.45) is 5.10 Å². The third-order valence-corrected chi connectivity index (χ3v) is 5.37. The summed E-state index contributed by atoms with van der Waals surface area (Å²) < 4.78 is 12.9. The van der Waals surface area contributed by atoms with Gasteiger partial charge in [0.1, 0.15) is 0 Å². The van der Waals surface area contributed by atoms with Gasteiger partial charge in [0.15, 0.2) is 11.5 Å². The van der Waals surface area contributed by atoms with Gasteiger partial charge in [0.25, 0.3) is 0 Å². The molecule has 0 radical (unpaired) electrons. The number of hydrazone groups is 1. The summed E-state index contributed by atoms with van der Waals surface area (Å²) in [6.45, 7) is 4.52. The van der Waals surface area contributed by atoms with Gasteiger partial charge >= 0.3 is 0 Å². The van der Waals surface area contributed by atoms with E-state index in [1.54, 1.807) is 6.21 Å². The molecule has 0 saturated heterocycles. The number of aryl methyl sites for hydroxylation is 1. The maximum atomic E-state index is 6.18. The lowest BCUT2D eigenvalue weighted by atomic mass is 10.2. The van der Waals surface area contributed by atoms with Crippen molar-refractivity contribution in [2.45, 2.75) is 45.6 Å². The van der Waals surface area contributed by atoms with E-state index in [2.05, 4.69) is 31.4 Å². The molecule has 1 saturated carbocycles. The first kappa shape index (κ1) is 18.2. The lowest BCUT2D eigenvalue weighted by molar-refractivity contribution is 0.195. The van der Waals surface area contributed by atoms with E-state index in [9.17, 15) is 0 Å². The molecule has 0 bridgehead atoms. The van der Waals surface area contributed by atoms with Crippen LogP contribution in [0.2, 0.25) is 0 Å². The van der Waals surface area contributed by atoms with Gasteiger partial charge < -0.3 is 9.47 Å². The largest absolute Gasteiger partial charge is 0.490 e. The molecule has 0 amide bonds. The Morgan fingerprint density at radius 3 is 2.88 bits per heavy atom. The number of hydrogen-bond acceptors (Lipinski definition) is 6. The summed E-state index contributed by atoms with van der Waals surface area (Å²) in [6, 6.07) is 3.95. The summed E-state index contributed by atoms with van der Waals surface area (Å²) in [5.41, 5.74) is 4.86. The summed E-state index contributed by atoms with van der Waals surface area (Å²) in [4.78, 5) is 4.32. The number of thiazole rings is 1. The van der Waals surface area contributed by atoms with E-state index in [1.165, 1.54) is 24.2 Å². The molecule has 7 heteroatoms. The molecule has 1 aromatic carbocycles. The lowest BCUT2D eigenvalue weighted by Crippen LogP contribution is -2.12. The van der Waals surface area contributed by atoms with Crippen LogP contribution in [0, 0.1) is 6.92 Å². The molecule has 0 spiro atoms. The molecule has 0 unspecified atom stereocenters. The minimum Gasteiger partial charge on any atom is -0.490 e. The fourth-order valence-electron chi connectivity index (χ4n) is 2.78. The smallest absolute Gasteiger partial charge is 0.203 e. The normalized spacial score (nSPS) is 15.0. The minimum atomic E-state index is 0.282. The van der Waals surface area contributed by atoms with E-state index >= 15 is 0 Å². The Kier molecular flexibility index (Phi) is 6.31. The molecule has 1 fully saturated rings. The first-order chi connectivity index (χ1) is 12.2. The van der Waals surface area contributed by atoms with E-state index < -0.39 is 0 Å². The van der Waals surface area contributed by atoms with Crippen molar-refractivity contribution in [3.05, 3.63) is 33.2 Å². The van der Waals surface area contributed by atoms with Crippen molar-refractivity contribution >= 4 is 38.6 Å². The highest BCUT2D eigenvalue weighted by molar-refractivity contribution is 9.10. The van der Waals surface area contributed by atoms with Crippen LogP contribution in [0.1, 0.15) is 43.9 Å². The maximum absolute atomic E-state index is 6.18. The first-order valence-corrected chi connectivity index (χ1v) is 10.2. The average Bonchev–Trinajstić information content (AvgIpc) is 3.23. The van der Waals surface area contributed by atoms with Gasteiger partial charge in [-0.2, -0.15) is 5.10 Å².